The number of allylic oxidation sites excluding steroid dienone is 1. The van der Waals surface area contributed by atoms with Gasteiger partial charge in [-0.1, -0.05) is 25.1 Å². The van der Waals surface area contributed by atoms with Gasteiger partial charge in [-0.15, -0.1) is 0 Å². The van der Waals surface area contributed by atoms with E-state index in [2.05, 4.69) is 5.32 Å². The number of hydrogen-bond donors (Lipinski definition) is 1. The van der Waals surface area contributed by atoms with Crippen molar-refractivity contribution in [1.82, 2.24) is 5.32 Å². The van der Waals surface area contributed by atoms with Gasteiger partial charge in [0, 0.05) is 23.6 Å². The summed E-state index contributed by atoms with van der Waals surface area (Å²) < 4.78 is 11.7. The predicted octanol–water partition coefficient (Wildman–Crippen LogP) is 3.49. The maximum Gasteiger partial charge on any atom is 0.336 e. The van der Waals surface area contributed by atoms with Crippen LogP contribution in [0.15, 0.2) is 35.5 Å². The fourth-order valence-electron chi connectivity index (χ4n) is 3.33. The molecule has 0 fully saturated rings. The summed E-state index contributed by atoms with van der Waals surface area (Å²) in [5.74, 6) is 0.644. The van der Waals surface area contributed by atoms with Crippen LogP contribution in [0.25, 0.3) is 0 Å². The van der Waals surface area contributed by atoms with Crippen molar-refractivity contribution in [3.05, 3.63) is 41.1 Å². The second-order valence-corrected chi connectivity index (χ2v) is 6.42. The highest BCUT2D eigenvalue weighted by Gasteiger charge is 2.45. The van der Waals surface area contributed by atoms with Crippen LogP contribution < -0.4 is 10.1 Å². The summed E-state index contributed by atoms with van der Waals surface area (Å²) in [7, 11) is 0. The van der Waals surface area contributed by atoms with Gasteiger partial charge in [-0.2, -0.15) is 0 Å². The fraction of sp³-hybridized carbons (Fsp3) is 0.500. The van der Waals surface area contributed by atoms with Gasteiger partial charge in [0.15, 0.2) is 5.72 Å². The molecule has 118 valence electrons. The standard InChI is InChI=1S/C18H23NO3/c1-5-11(2)21-17(20)16-12(3)19-18(4)10-14(16)13-8-6-7-9-15(13)22-18/h6-9,11,14,19H,5,10H2,1-4H3/t11?,14-,18-/m0/s1. The van der Waals surface area contributed by atoms with Crippen molar-refractivity contribution in [3.63, 3.8) is 0 Å². The van der Waals surface area contributed by atoms with Crippen molar-refractivity contribution in [2.45, 2.75) is 58.3 Å². The van der Waals surface area contributed by atoms with Crippen LogP contribution in [-0.4, -0.2) is 17.8 Å². The number of benzene rings is 1. The molecule has 3 atom stereocenters. The first-order valence-corrected chi connectivity index (χ1v) is 7.91. The Morgan fingerprint density at radius 2 is 2.23 bits per heavy atom. The summed E-state index contributed by atoms with van der Waals surface area (Å²) in [5.41, 5.74) is 2.18. The predicted molar refractivity (Wildman–Crippen MR) is 84.5 cm³/mol. The lowest BCUT2D eigenvalue weighted by molar-refractivity contribution is -0.144. The largest absolute Gasteiger partial charge is 0.468 e. The molecule has 1 unspecified atom stereocenters. The van der Waals surface area contributed by atoms with E-state index in [1.165, 1.54) is 0 Å². The quantitative estimate of drug-likeness (QED) is 0.868. The SMILES string of the molecule is CCC(C)OC(=O)C1=C(C)N[C@]2(C)C[C@H]1c1ccccc1O2. The molecule has 0 amide bonds. The smallest absolute Gasteiger partial charge is 0.336 e. The first-order chi connectivity index (χ1) is 10.4. The summed E-state index contributed by atoms with van der Waals surface area (Å²) in [4.78, 5) is 12.6. The van der Waals surface area contributed by atoms with Crippen molar-refractivity contribution >= 4 is 5.97 Å². The minimum absolute atomic E-state index is 0.0211. The van der Waals surface area contributed by atoms with Gasteiger partial charge >= 0.3 is 5.97 Å². The molecule has 4 heteroatoms. The number of carbonyl (C=O) groups is 1. The summed E-state index contributed by atoms with van der Waals surface area (Å²) in [6, 6.07) is 7.94. The minimum Gasteiger partial charge on any atom is -0.468 e. The molecule has 1 aromatic carbocycles. The van der Waals surface area contributed by atoms with Gasteiger partial charge in [0.2, 0.25) is 0 Å². The maximum atomic E-state index is 12.6. The Labute approximate surface area is 131 Å². The van der Waals surface area contributed by atoms with E-state index in [1.807, 2.05) is 52.0 Å². The second kappa shape index (κ2) is 5.34. The molecule has 1 aromatic rings. The third kappa shape index (κ3) is 2.47. The molecule has 2 bridgehead atoms. The van der Waals surface area contributed by atoms with Gasteiger partial charge in [-0.25, -0.2) is 4.79 Å². The molecule has 0 saturated carbocycles. The maximum absolute atomic E-state index is 12.6. The average molecular weight is 301 g/mol. The minimum atomic E-state index is -0.469. The molecule has 0 radical (unpaired) electrons. The molecule has 2 aliphatic heterocycles. The fourth-order valence-corrected chi connectivity index (χ4v) is 3.33. The van der Waals surface area contributed by atoms with Crippen LogP contribution >= 0.6 is 0 Å². The number of esters is 1. The van der Waals surface area contributed by atoms with Crippen LogP contribution in [0.4, 0.5) is 0 Å². The lowest BCUT2D eigenvalue weighted by Crippen LogP contribution is -2.54. The zero-order valence-corrected chi connectivity index (χ0v) is 13.6. The molecular weight excluding hydrogens is 278 g/mol. The van der Waals surface area contributed by atoms with E-state index in [0.717, 1.165) is 35.4 Å². The van der Waals surface area contributed by atoms with E-state index in [4.69, 9.17) is 9.47 Å². The van der Waals surface area contributed by atoms with E-state index in [9.17, 15) is 4.79 Å². The number of rotatable bonds is 3. The molecular formula is C18H23NO3. The van der Waals surface area contributed by atoms with Gasteiger partial charge in [0.1, 0.15) is 5.75 Å². The number of carbonyl (C=O) groups excluding carboxylic acids is 1. The summed E-state index contributed by atoms with van der Waals surface area (Å²) in [5, 5.41) is 3.34. The average Bonchev–Trinajstić information content (AvgIpc) is 2.45. The van der Waals surface area contributed by atoms with Gasteiger partial charge in [-0.3, -0.25) is 0 Å². The zero-order chi connectivity index (χ0) is 15.9. The van der Waals surface area contributed by atoms with Gasteiger partial charge in [0.05, 0.1) is 11.7 Å². The van der Waals surface area contributed by atoms with Crippen molar-refractivity contribution in [3.8, 4) is 5.75 Å². The van der Waals surface area contributed by atoms with Crippen molar-refractivity contribution < 1.29 is 14.3 Å². The third-order valence-corrected chi connectivity index (χ3v) is 4.53. The molecule has 0 spiro atoms. The van der Waals surface area contributed by atoms with Gasteiger partial charge in [0.25, 0.3) is 0 Å². The highest BCUT2D eigenvalue weighted by Crippen LogP contribution is 2.47. The van der Waals surface area contributed by atoms with Gasteiger partial charge in [-0.05, 0) is 33.3 Å². The first kappa shape index (κ1) is 14.9. The van der Waals surface area contributed by atoms with E-state index in [1.54, 1.807) is 0 Å². The van der Waals surface area contributed by atoms with Crippen molar-refractivity contribution in [1.29, 1.82) is 0 Å². The first-order valence-electron chi connectivity index (χ1n) is 7.91. The highest BCUT2D eigenvalue weighted by molar-refractivity contribution is 5.92. The summed E-state index contributed by atoms with van der Waals surface area (Å²) >= 11 is 0. The Morgan fingerprint density at radius 1 is 1.50 bits per heavy atom. The van der Waals surface area contributed by atoms with E-state index in [0.29, 0.717) is 0 Å². The van der Waals surface area contributed by atoms with Crippen LogP contribution in [0.5, 0.6) is 5.75 Å². The molecule has 2 aliphatic rings. The molecule has 0 saturated heterocycles. The normalized spacial score (nSPS) is 27.4. The van der Waals surface area contributed by atoms with Crippen LogP contribution in [-0.2, 0) is 9.53 Å². The lowest BCUT2D eigenvalue weighted by atomic mass is 9.78. The third-order valence-electron chi connectivity index (χ3n) is 4.53. The van der Waals surface area contributed by atoms with Crippen molar-refractivity contribution in [2.24, 2.45) is 0 Å². The Balaban J connectivity index is 2.01. The molecule has 0 aromatic heterocycles. The Hall–Kier alpha value is -1.97. The Morgan fingerprint density at radius 3 is 2.95 bits per heavy atom. The van der Waals surface area contributed by atoms with E-state index in [-0.39, 0.29) is 18.0 Å². The van der Waals surface area contributed by atoms with Crippen LogP contribution in [0.3, 0.4) is 0 Å². The molecule has 2 heterocycles. The number of fused-ring (bicyclic) bond motifs is 4. The summed E-state index contributed by atoms with van der Waals surface area (Å²) in [6.45, 7) is 7.89. The van der Waals surface area contributed by atoms with E-state index >= 15 is 0 Å². The van der Waals surface area contributed by atoms with Crippen LogP contribution in [0, 0.1) is 0 Å². The summed E-state index contributed by atoms with van der Waals surface area (Å²) in [6.07, 6.45) is 1.47. The molecule has 4 nitrogen and oxygen atoms in total. The monoisotopic (exact) mass is 301 g/mol. The van der Waals surface area contributed by atoms with Crippen LogP contribution in [0.1, 0.15) is 52.0 Å². The Kier molecular flexibility index (Phi) is 3.63. The number of para-hydroxylation sites is 1. The van der Waals surface area contributed by atoms with Gasteiger partial charge < -0.3 is 14.8 Å². The molecule has 1 N–H and O–H groups in total. The number of hydrogen-bond acceptors (Lipinski definition) is 4. The molecule has 22 heavy (non-hydrogen) atoms. The van der Waals surface area contributed by atoms with Crippen LogP contribution in [0.2, 0.25) is 0 Å². The number of ether oxygens (including phenoxy) is 2. The highest BCUT2D eigenvalue weighted by atomic mass is 16.5. The molecule has 3 rings (SSSR count). The molecule has 0 aliphatic carbocycles. The lowest BCUT2D eigenvalue weighted by Gasteiger charge is -2.45. The number of nitrogens with one attached hydrogen (secondary N) is 1. The zero-order valence-electron chi connectivity index (χ0n) is 13.6. The topological polar surface area (TPSA) is 47.6 Å². The van der Waals surface area contributed by atoms with E-state index < -0.39 is 5.72 Å². The second-order valence-electron chi connectivity index (χ2n) is 6.42. The Bertz CT molecular complexity index is 637. The van der Waals surface area contributed by atoms with Crippen molar-refractivity contribution in [2.75, 3.05) is 0 Å².